The highest BCUT2D eigenvalue weighted by Crippen LogP contribution is 2.24. The minimum Gasteiger partial charge on any atom is -0.325 e. The standard InChI is InChI=1S/C20H23N5OS/c1-12-9-14(3)19(15(4)10-12)21-18(26)11-27-20-22-23-24-25(20)17-8-6-7-13(2)16(17)5/h6-10H,11H2,1-5H3,(H,21,26). The van der Waals surface area contributed by atoms with E-state index in [0.29, 0.717) is 5.16 Å². The minimum atomic E-state index is -0.0782. The van der Waals surface area contributed by atoms with Crippen LogP contribution >= 0.6 is 11.8 Å². The van der Waals surface area contributed by atoms with E-state index in [9.17, 15) is 4.79 Å². The Balaban J connectivity index is 1.73. The zero-order valence-electron chi connectivity index (χ0n) is 16.2. The fraction of sp³-hybridized carbons (Fsp3) is 0.300. The summed E-state index contributed by atoms with van der Waals surface area (Å²) in [6.45, 7) is 10.1. The largest absolute Gasteiger partial charge is 0.325 e. The van der Waals surface area contributed by atoms with Crippen molar-refractivity contribution in [2.75, 3.05) is 11.1 Å². The number of nitrogens with zero attached hydrogens (tertiary/aromatic N) is 4. The van der Waals surface area contributed by atoms with E-state index in [1.165, 1.54) is 22.9 Å². The van der Waals surface area contributed by atoms with Gasteiger partial charge in [0.25, 0.3) is 0 Å². The third-order valence-corrected chi connectivity index (χ3v) is 5.44. The van der Waals surface area contributed by atoms with Crippen molar-refractivity contribution >= 4 is 23.4 Å². The van der Waals surface area contributed by atoms with Crippen molar-refractivity contribution in [2.24, 2.45) is 0 Å². The lowest BCUT2D eigenvalue weighted by molar-refractivity contribution is -0.113. The Morgan fingerprint density at radius 1 is 1.07 bits per heavy atom. The maximum Gasteiger partial charge on any atom is 0.234 e. The predicted octanol–water partition coefficient (Wildman–Crippen LogP) is 3.94. The Morgan fingerprint density at radius 3 is 2.48 bits per heavy atom. The van der Waals surface area contributed by atoms with Crippen LogP contribution in [0.1, 0.15) is 27.8 Å². The van der Waals surface area contributed by atoms with Gasteiger partial charge < -0.3 is 5.32 Å². The Hall–Kier alpha value is -2.67. The molecule has 0 unspecified atom stereocenters. The van der Waals surface area contributed by atoms with Gasteiger partial charge in [-0.2, -0.15) is 4.68 Å². The van der Waals surface area contributed by atoms with Crippen LogP contribution in [0.2, 0.25) is 0 Å². The number of amides is 1. The fourth-order valence-corrected chi connectivity index (χ4v) is 3.75. The van der Waals surface area contributed by atoms with E-state index >= 15 is 0 Å². The van der Waals surface area contributed by atoms with Crippen LogP contribution in [0.15, 0.2) is 35.5 Å². The number of hydrogen-bond acceptors (Lipinski definition) is 5. The molecule has 1 amide bonds. The lowest BCUT2D eigenvalue weighted by Crippen LogP contribution is -2.16. The van der Waals surface area contributed by atoms with Crippen molar-refractivity contribution in [2.45, 2.75) is 39.8 Å². The van der Waals surface area contributed by atoms with Crippen LogP contribution in [0.5, 0.6) is 0 Å². The summed E-state index contributed by atoms with van der Waals surface area (Å²) in [6.07, 6.45) is 0. The summed E-state index contributed by atoms with van der Waals surface area (Å²) in [5.41, 5.74) is 7.39. The molecule has 6 nitrogen and oxygen atoms in total. The number of aryl methyl sites for hydroxylation is 4. The third kappa shape index (κ3) is 4.19. The monoisotopic (exact) mass is 381 g/mol. The first-order chi connectivity index (χ1) is 12.9. The first kappa shape index (κ1) is 19.1. The zero-order chi connectivity index (χ0) is 19.6. The van der Waals surface area contributed by atoms with E-state index < -0.39 is 0 Å². The van der Waals surface area contributed by atoms with E-state index in [0.717, 1.165) is 28.1 Å². The molecule has 0 fully saturated rings. The molecule has 0 atom stereocenters. The van der Waals surface area contributed by atoms with Crippen LogP contribution in [0.3, 0.4) is 0 Å². The summed E-state index contributed by atoms with van der Waals surface area (Å²) in [4.78, 5) is 12.5. The van der Waals surface area contributed by atoms with Gasteiger partial charge >= 0.3 is 0 Å². The molecule has 0 spiro atoms. The van der Waals surface area contributed by atoms with Crippen molar-refractivity contribution in [1.82, 2.24) is 20.2 Å². The maximum absolute atomic E-state index is 12.5. The Kier molecular flexibility index (Phi) is 5.60. The van der Waals surface area contributed by atoms with Crippen molar-refractivity contribution in [3.05, 3.63) is 58.1 Å². The number of nitrogens with one attached hydrogen (secondary N) is 1. The second-order valence-electron chi connectivity index (χ2n) is 6.70. The second-order valence-corrected chi connectivity index (χ2v) is 7.65. The van der Waals surface area contributed by atoms with Gasteiger partial charge in [0, 0.05) is 5.69 Å². The van der Waals surface area contributed by atoms with E-state index in [-0.39, 0.29) is 11.7 Å². The van der Waals surface area contributed by atoms with E-state index in [2.05, 4.69) is 52.9 Å². The molecule has 1 heterocycles. The van der Waals surface area contributed by atoms with Crippen molar-refractivity contribution in [1.29, 1.82) is 0 Å². The van der Waals surface area contributed by atoms with Gasteiger partial charge in [0.1, 0.15) is 0 Å². The molecule has 140 valence electrons. The summed E-state index contributed by atoms with van der Waals surface area (Å²) in [5, 5.41) is 15.5. The van der Waals surface area contributed by atoms with Gasteiger partial charge in [0.2, 0.25) is 11.1 Å². The summed E-state index contributed by atoms with van der Waals surface area (Å²) in [5.74, 6) is 0.156. The average molecular weight is 382 g/mol. The molecule has 3 aromatic rings. The summed E-state index contributed by atoms with van der Waals surface area (Å²) >= 11 is 1.32. The summed E-state index contributed by atoms with van der Waals surface area (Å²) < 4.78 is 1.68. The minimum absolute atomic E-state index is 0.0782. The fourth-order valence-electron chi connectivity index (χ4n) is 3.07. The predicted molar refractivity (Wildman–Crippen MR) is 109 cm³/mol. The molecule has 0 saturated carbocycles. The molecule has 7 heteroatoms. The Labute approximate surface area is 163 Å². The van der Waals surface area contributed by atoms with Crippen molar-refractivity contribution < 1.29 is 4.79 Å². The molecule has 3 rings (SSSR count). The molecule has 0 aliphatic rings. The van der Waals surface area contributed by atoms with Crippen LogP contribution in [-0.2, 0) is 4.79 Å². The van der Waals surface area contributed by atoms with Crippen LogP contribution < -0.4 is 5.32 Å². The molecule has 1 N–H and O–H groups in total. The molecule has 0 radical (unpaired) electrons. The number of thioether (sulfide) groups is 1. The van der Waals surface area contributed by atoms with Crippen LogP contribution in [0.25, 0.3) is 5.69 Å². The van der Waals surface area contributed by atoms with Crippen LogP contribution in [0.4, 0.5) is 5.69 Å². The SMILES string of the molecule is Cc1cc(C)c(NC(=O)CSc2nnnn2-c2cccc(C)c2C)c(C)c1. The average Bonchev–Trinajstić information content (AvgIpc) is 3.07. The van der Waals surface area contributed by atoms with Gasteiger partial charge in [0.15, 0.2) is 0 Å². The number of hydrogen-bond donors (Lipinski definition) is 1. The molecular formula is C20H23N5OS. The molecule has 1 aromatic heterocycles. The van der Waals surface area contributed by atoms with E-state index in [1.807, 2.05) is 32.9 Å². The molecular weight excluding hydrogens is 358 g/mol. The molecule has 0 saturated heterocycles. The number of anilines is 1. The molecule has 0 aliphatic heterocycles. The van der Waals surface area contributed by atoms with Crippen LogP contribution in [0, 0.1) is 34.6 Å². The number of benzene rings is 2. The van der Waals surface area contributed by atoms with Gasteiger partial charge in [-0.05, 0) is 73.4 Å². The van der Waals surface area contributed by atoms with E-state index in [1.54, 1.807) is 4.68 Å². The highest BCUT2D eigenvalue weighted by atomic mass is 32.2. The number of aromatic nitrogens is 4. The highest BCUT2D eigenvalue weighted by molar-refractivity contribution is 7.99. The first-order valence-electron chi connectivity index (χ1n) is 8.72. The Bertz CT molecular complexity index is 973. The normalized spacial score (nSPS) is 10.9. The van der Waals surface area contributed by atoms with Crippen molar-refractivity contribution in [3.63, 3.8) is 0 Å². The van der Waals surface area contributed by atoms with Gasteiger partial charge in [-0.3, -0.25) is 4.79 Å². The van der Waals surface area contributed by atoms with Gasteiger partial charge in [-0.1, -0.05) is 41.6 Å². The van der Waals surface area contributed by atoms with E-state index in [4.69, 9.17) is 0 Å². The second kappa shape index (κ2) is 7.92. The highest BCUT2D eigenvalue weighted by Gasteiger charge is 2.15. The number of rotatable bonds is 5. The number of tetrazole rings is 1. The molecule has 27 heavy (non-hydrogen) atoms. The number of carbonyl (C=O) groups excluding carboxylic acids is 1. The first-order valence-corrected chi connectivity index (χ1v) is 9.71. The lowest BCUT2D eigenvalue weighted by atomic mass is 10.1. The quantitative estimate of drug-likeness (QED) is 0.678. The molecule has 0 bridgehead atoms. The Morgan fingerprint density at radius 2 is 1.78 bits per heavy atom. The van der Waals surface area contributed by atoms with Crippen molar-refractivity contribution in [3.8, 4) is 5.69 Å². The smallest absolute Gasteiger partial charge is 0.234 e. The zero-order valence-corrected chi connectivity index (χ0v) is 17.0. The topological polar surface area (TPSA) is 72.7 Å². The van der Waals surface area contributed by atoms with Gasteiger partial charge in [-0.25, -0.2) is 0 Å². The number of carbonyl (C=O) groups is 1. The van der Waals surface area contributed by atoms with Gasteiger partial charge in [-0.15, -0.1) is 5.10 Å². The lowest BCUT2D eigenvalue weighted by Gasteiger charge is -2.13. The van der Waals surface area contributed by atoms with Gasteiger partial charge in [0.05, 0.1) is 11.4 Å². The summed E-state index contributed by atoms with van der Waals surface area (Å²) in [7, 11) is 0. The third-order valence-electron chi connectivity index (χ3n) is 4.52. The van der Waals surface area contributed by atoms with Crippen LogP contribution in [-0.4, -0.2) is 31.9 Å². The summed E-state index contributed by atoms with van der Waals surface area (Å²) in [6, 6.07) is 10.1. The molecule has 2 aromatic carbocycles. The maximum atomic E-state index is 12.5. The molecule has 0 aliphatic carbocycles.